The van der Waals surface area contributed by atoms with Crippen LogP contribution in [-0.2, 0) is 19.4 Å². The zero-order chi connectivity index (χ0) is 16.7. The van der Waals surface area contributed by atoms with Gasteiger partial charge in [0, 0.05) is 13.2 Å². The average molecular weight is 327 g/mol. The van der Waals surface area contributed by atoms with Gasteiger partial charge in [-0.2, -0.15) is 0 Å². The monoisotopic (exact) mass is 327 g/mol. The van der Waals surface area contributed by atoms with Crippen LogP contribution in [0.2, 0.25) is 0 Å². The molecule has 6 nitrogen and oxygen atoms in total. The minimum absolute atomic E-state index is 0.181. The van der Waals surface area contributed by atoms with E-state index in [1.165, 1.54) is 24.0 Å². The van der Waals surface area contributed by atoms with Crippen molar-refractivity contribution >= 4 is 15.7 Å². The maximum absolute atomic E-state index is 11.8. The van der Waals surface area contributed by atoms with E-state index in [0.29, 0.717) is 0 Å². The van der Waals surface area contributed by atoms with Crippen LogP contribution in [0.3, 0.4) is 0 Å². The summed E-state index contributed by atoms with van der Waals surface area (Å²) >= 11 is 0. The zero-order valence-corrected chi connectivity index (χ0v) is 13.9. The summed E-state index contributed by atoms with van der Waals surface area (Å²) in [6.45, 7) is 4.73. The first-order chi connectivity index (χ1) is 10.1. The third kappa shape index (κ3) is 3.02. The minimum atomic E-state index is -3.26. The second kappa shape index (κ2) is 5.64. The number of aliphatic hydroxyl groups excluding tert-OH is 1. The van der Waals surface area contributed by atoms with Crippen LogP contribution >= 0.6 is 0 Å². The summed E-state index contributed by atoms with van der Waals surface area (Å²) in [5.74, 6) is -0.181. The highest BCUT2D eigenvalue weighted by atomic mass is 32.2. The van der Waals surface area contributed by atoms with Crippen LogP contribution in [0.4, 0.5) is 0 Å². The van der Waals surface area contributed by atoms with Gasteiger partial charge in [0.2, 0.25) is 5.91 Å². The molecule has 2 atom stereocenters. The fourth-order valence-electron chi connectivity index (χ4n) is 2.97. The lowest BCUT2D eigenvalue weighted by atomic mass is 10.0. The Hall–Kier alpha value is -1.44. The maximum atomic E-state index is 11.8. The number of amides is 1. The molecule has 0 bridgehead atoms. The summed E-state index contributed by atoms with van der Waals surface area (Å²) in [4.78, 5) is 13.6. The van der Waals surface area contributed by atoms with Crippen molar-refractivity contribution in [3.8, 4) is 0 Å². The normalized spacial score (nSPS) is 24.5. The molecule has 22 heavy (non-hydrogen) atoms. The molecule has 1 aliphatic rings. The molecular weight excluding hydrogens is 306 g/mol. The highest BCUT2D eigenvalue weighted by Crippen LogP contribution is 2.40. The first-order valence-electron chi connectivity index (χ1n) is 6.96. The number of benzene rings is 1. The summed E-state index contributed by atoms with van der Waals surface area (Å²) in [5, 5.41) is 9.66. The predicted octanol–water partition coefficient (Wildman–Crippen LogP) is 1.11. The Balaban J connectivity index is 2.38. The van der Waals surface area contributed by atoms with Gasteiger partial charge in [0.25, 0.3) is 0 Å². The van der Waals surface area contributed by atoms with Gasteiger partial charge in [-0.25, -0.2) is 8.42 Å². The van der Waals surface area contributed by atoms with Crippen LogP contribution in [0.25, 0.3) is 0 Å². The number of sulfone groups is 1. The van der Waals surface area contributed by atoms with Crippen molar-refractivity contribution in [1.82, 2.24) is 4.90 Å². The molecule has 0 aromatic heterocycles. The Labute approximate surface area is 130 Å². The van der Waals surface area contributed by atoms with E-state index in [1.54, 1.807) is 26.0 Å². The molecule has 1 aliphatic heterocycles. The van der Waals surface area contributed by atoms with Crippen LogP contribution in [-0.4, -0.2) is 49.0 Å². The molecule has 1 aromatic rings. The van der Waals surface area contributed by atoms with Gasteiger partial charge in [-0.1, -0.05) is 12.1 Å². The molecular formula is C15H21NO5S. The van der Waals surface area contributed by atoms with Crippen LogP contribution in [0.1, 0.15) is 32.4 Å². The van der Waals surface area contributed by atoms with Crippen molar-refractivity contribution in [2.45, 2.75) is 43.5 Å². The van der Waals surface area contributed by atoms with E-state index in [4.69, 9.17) is 4.74 Å². The molecule has 2 rings (SSSR count). The predicted molar refractivity (Wildman–Crippen MR) is 80.9 cm³/mol. The van der Waals surface area contributed by atoms with Gasteiger partial charge in [0.15, 0.2) is 9.84 Å². The van der Waals surface area contributed by atoms with Crippen LogP contribution in [0, 0.1) is 0 Å². The summed E-state index contributed by atoms with van der Waals surface area (Å²) in [5.41, 5.74) is -0.109. The molecule has 7 heteroatoms. The van der Waals surface area contributed by atoms with Gasteiger partial charge < -0.3 is 14.7 Å². The zero-order valence-electron chi connectivity index (χ0n) is 13.1. The summed E-state index contributed by atoms with van der Waals surface area (Å²) in [6, 6.07) is 5.82. The molecule has 0 saturated carbocycles. The molecule has 1 heterocycles. The van der Waals surface area contributed by atoms with Crippen molar-refractivity contribution in [1.29, 1.82) is 0 Å². The van der Waals surface area contributed by atoms with Gasteiger partial charge in [0.1, 0.15) is 11.8 Å². The smallest absolute Gasteiger partial charge is 0.222 e. The molecule has 1 amide bonds. The lowest BCUT2D eigenvalue weighted by Gasteiger charge is -2.31. The standard InChI is InChI=1S/C15H21NO5S/c1-10(18)16-13(9-17)14(21-15(16,2)3)11-5-7-12(8-6-11)22(4,19)20/h5-8,13-14,17H,9H2,1-4H3/t13-,14-/m0/s1. The van der Waals surface area contributed by atoms with E-state index in [9.17, 15) is 18.3 Å². The second-order valence-electron chi connectivity index (χ2n) is 5.97. The van der Waals surface area contributed by atoms with Crippen LogP contribution in [0.15, 0.2) is 29.2 Å². The number of aliphatic hydroxyl groups is 1. The SMILES string of the molecule is CC(=O)N1[C@@H](CO)[C@H](c2ccc(S(C)(=O)=O)cc2)OC1(C)C. The average Bonchev–Trinajstić information content (AvgIpc) is 2.69. The maximum Gasteiger partial charge on any atom is 0.222 e. The largest absolute Gasteiger partial charge is 0.394 e. The van der Waals surface area contributed by atoms with E-state index < -0.39 is 27.7 Å². The molecule has 122 valence electrons. The van der Waals surface area contributed by atoms with E-state index in [1.807, 2.05) is 0 Å². The summed E-state index contributed by atoms with van der Waals surface area (Å²) in [6.07, 6.45) is 0.642. The van der Waals surface area contributed by atoms with Gasteiger partial charge >= 0.3 is 0 Å². The van der Waals surface area contributed by atoms with Crippen molar-refractivity contribution in [2.24, 2.45) is 0 Å². The van der Waals surface area contributed by atoms with Gasteiger partial charge in [-0.15, -0.1) is 0 Å². The molecule has 1 fully saturated rings. The Bertz CT molecular complexity index is 666. The van der Waals surface area contributed by atoms with Crippen LogP contribution in [0.5, 0.6) is 0 Å². The minimum Gasteiger partial charge on any atom is -0.394 e. The van der Waals surface area contributed by atoms with Gasteiger partial charge in [-0.05, 0) is 31.5 Å². The van der Waals surface area contributed by atoms with E-state index >= 15 is 0 Å². The highest BCUT2D eigenvalue weighted by molar-refractivity contribution is 7.90. The number of ether oxygens (including phenoxy) is 1. The molecule has 1 N–H and O–H groups in total. The first-order valence-corrected chi connectivity index (χ1v) is 8.85. The Kier molecular flexibility index (Phi) is 4.34. The highest BCUT2D eigenvalue weighted by Gasteiger charge is 2.48. The van der Waals surface area contributed by atoms with Crippen molar-refractivity contribution in [2.75, 3.05) is 12.9 Å². The molecule has 1 saturated heterocycles. The van der Waals surface area contributed by atoms with E-state index in [-0.39, 0.29) is 17.4 Å². The molecule has 0 aliphatic carbocycles. The van der Waals surface area contributed by atoms with Crippen LogP contribution < -0.4 is 0 Å². The Morgan fingerprint density at radius 2 is 1.86 bits per heavy atom. The van der Waals surface area contributed by atoms with Gasteiger partial charge in [0.05, 0.1) is 17.5 Å². The quantitative estimate of drug-likeness (QED) is 0.899. The number of carbonyl (C=O) groups is 1. The lowest BCUT2D eigenvalue weighted by Crippen LogP contribution is -2.48. The summed E-state index contributed by atoms with van der Waals surface area (Å²) < 4.78 is 28.9. The lowest BCUT2D eigenvalue weighted by molar-refractivity contribution is -0.145. The number of hydrogen-bond donors (Lipinski definition) is 1. The van der Waals surface area contributed by atoms with Crippen molar-refractivity contribution < 1.29 is 23.1 Å². The molecule has 1 aromatic carbocycles. The topological polar surface area (TPSA) is 83.9 Å². The Morgan fingerprint density at radius 3 is 2.27 bits per heavy atom. The first kappa shape index (κ1) is 16.9. The fraction of sp³-hybridized carbons (Fsp3) is 0.533. The molecule has 0 unspecified atom stereocenters. The third-order valence-electron chi connectivity index (χ3n) is 3.84. The van der Waals surface area contributed by atoms with E-state index in [2.05, 4.69) is 0 Å². The number of rotatable bonds is 3. The fourth-order valence-corrected chi connectivity index (χ4v) is 3.60. The number of hydrogen-bond acceptors (Lipinski definition) is 5. The van der Waals surface area contributed by atoms with E-state index in [0.717, 1.165) is 11.8 Å². The number of carbonyl (C=O) groups excluding carboxylic acids is 1. The molecule has 0 spiro atoms. The summed E-state index contributed by atoms with van der Waals surface area (Å²) in [7, 11) is -3.26. The second-order valence-corrected chi connectivity index (χ2v) is 7.98. The van der Waals surface area contributed by atoms with Crippen molar-refractivity contribution in [3.63, 3.8) is 0 Å². The van der Waals surface area contributed by atoms with Crippen molar-refractivity contribution in [3.05, 3.63) is 29.8 Å². The number of nitrogens with zero attached hydrogens (tertiary/aromatic N) is 1. The Morgan fingerprint density at radius 1 is 1.32 bits per heavy atom. The van der Waals surface area contributed by atoms with Gasteiger partial charge in [-0.3, -0.25) is 4.79 Å². The third-order valence-corrected chi connectivity index (χ3v) is 4.97. The molecule has 0 radical (unpaired) electrons.